The number of nitrogens with zero attached hydrogens (tertiary/aromatic N) is 4. The van der Waals surface area contributed by atoms with E-state index >= 15 is 0 Å². The molecule has 0 radical (unpaired) electrons. The van der Waals surface area contributed by atoms with Crippen molar-refractivity contribution in [1.29, 1.82) is 0 Å². The van der Waals surface area contributed by atoms with Gasteiger partial charge < -0.3 is 21.3 Å². The maximum absolute atomic E-state index is 13.6. The van der Waals surface area contributed by atoms with Gasteiger partial charge in [0.2, 0.25) is 17.6 Å². The van der Waals surface area contributed by atoms with E-state index in [-0.39, 0.29) is 17.7 Å². The Bertz CT molecular complexity index is 1510. The summed E-state index contributed by atoms with van der Waals surface area (Å²) in [6.45, 7) is 2.76. The van der Waals surface area contributed by atoms with Crippen molar-refractivity contribution in [3.63, 3.8) is 0 Å². The molecule has 5 N–H and O–H groups in total. The number of hydrogen-bond acceptors (Lipinski definition) is 7. The lowest BCUT2D eigenvalue weighted by Gasteiger charge is -2.28. The lowest BCUT2D eigenvalue weighted by atomic mass is 9.81. The molecule has 1 atom stereocenters. The molecule has 1 aliphatic rings. The van der Waals surface area contributed by atoms with Crippen LogP contribution in [-0.2, 0) is 16.0 Å². The summed E-state index contributed by atoms with van der Waals surface area (Å²) in [7, 11) is 4.06. The number of nitrogens with two attached hydrogens (primary N) is 1. The molecule has 10 heteroatoms. The molecular weight excluding hydrogens is 540 g/mol. The first-order valence-corrected chi connectivity index (χ1v) is 14.8. The second kappa shape index (κ2) is 13.6. The van der Waals surface area contributed by atoms with Gasteiger partial charge in [-0.2, -0.15) is 5.21 Å². The van der Waals surface area contributed by atoms with Gasteiger partial charge in [0.25, 0.3) is 0 Å². The Morgan fingerprint density at radius 3 is 2.30 bits per heavy atom. The van der Waals surface area contributed by atoms with E-state index in [2.05, 4.69) is 73.4 Å². The zero-order chi connectivity index (χ0) is 30.3. The van der Waals surface area contributed by atoms with Crippen molar-refractivity contribution < 1.29 is 9.59 Å². The highest BCUT2D eigenvalue weighted by Gasteiger charge is 2.29. The minimum atomic E-state index is -0.735. The Morgan fingerprint density at radius 2 is 1.67 bits per heavy atom. The van der Waals surface area contributed by atoms with Crippen LogP contribution in [0.4, 0.5) is 11.4 Å². The molecule has 1 unspecified atom stereocenters. The Hall–Kier alpha value is -4.57. The number of H-pyrrole nitrogens is 1. The molecule has 1 aliphatic carbocycles. The Labute approximate surface area is 252 Å². The van der Waals surface area contributed by atoms with Crippen LogP contribution in [0.3, 0.4) is 0 Å². The topological polar surface area (TPSA) is 142 Å². The number of aryl methyl sites for hydroxylation is 1. The summed E-state index contributed by atoms with van der Waals surface area (Å²) in [5, 5.41) is 20.1. The van der Waals surface area contributed by atoms with Crippen LogP contribution >= 0.6 is 0 Å². The van der Waals surface area contributed by atoms with E-state index in [1.54, 1.807) is 12.1 Å². The van der Waals surface area contributed by atoms with Crippen LogP contribution in [0.5, 0.6) is 0 Å². The van der Waals surface area contributed by atoms with Crippen molar-refractivity contribution >= 4 is 23.2 Å². The molecule has 2 amide bonds. The number of nitrogens with one attached hydrogen (secondary N) is 3. The van der Waals surface area contributed by atoms with Crippen molar-refractivity contribution in [3.8, 4) is 22.5 Å². The number of rotatable bonds is 10. The fourth-order valence-electron chi connectivity index (χ4n) is 5.63. The molecule has 4 aromatic rings. The minimum absolute atomic E-state index is 0.0733. The normalized spacial score (nSPS) is 17.2. The lowest BCUT2D eigenvalue weighted by molar-refractivity contribution is -0.130. The number of carbonyl (C=O) groups is 2. The second-order valence-electron chi connectivity index (χ2n) is 11.6. The number of aromatic nitrogens is 4. The molecule has 5 rings (SSSR count). The van der Waals surface area contributed by atoms with Gasteiger partial charge in [0, 0.05) is 43.4 Å². The summed E-state index contributed by atoms with van der Waals surface area (Å²) in [4.78, 5) is 29.0. The number of tetrazole rings is 1. The first-order chi connectivity index (χ1) is 20.8. The van der Waals surface area contributed by atoms with Gasteiger partial charge in [0.05, 0.1) is 0 Å². The summed E-state index contributed by atoms with van der Waals surface area (Å²) < 4.78 is 0. The number of aromatic amines is 1. The molecule has 43 heavy (non-hydrogen) atoms. The Morgan fingerprint density at radius 1 is 0.977 bits per heavy atom. The number of anilines is 2. The number of benzene rings is 3. The first-order valence-electron chi connectivity index (χ1n) is 14.8. The van der Waals surface area contributed by atoms with Gasteiger partial charge in [-0.25, -0.2) is 0 Å². The fourth-order valence-corrected chi connectivity index (χ4v) is 5.63. The SMILES string of the molecule is Cc1ccc(N(C)C)cc1-c1ccc(CC(NC(=O)C2CCC(CN)CC2)C(=O)Nc2ccc(-c3nn[nH]n3)cc2)cc1. The largest absolute Gasteiger partial charge is 0.378 e. The van der Waals surface area contributed by atoms with Gasteiger partial charge in [0.15, 0.2) is 0 Å². The summed E-state index contributed by atoms with van der Waals surface area (Å²) in [6.07, 6.45) is 3.83. The molecule has 0 spiro atoms. The van der Waals surface area contributed by atoms with E-state index < -0.39 is 6.04 Å². The summed E-state index contributed by atoms with van der Waals surface area (Å²) >= 11 is 0. The van der Waals surface area contributed by atoms with E-state index in [1.807, 2.05) is 38.4 Å². The molecule has 10 nitrogen and oxygen atoms in total. The van der Waals surface area contributed by atoms with E-state index in [9.17, 15) is 9.59 Å². The molecule has 1 heterocycles. The average Bonchev–Trinajstić information content (AvgIpc) is 3.57. The Balaban J connectivity index is 1.32. The number of hydrogen-bond donors (Lipinski definition) is 4. The maximum Gasteiger partial charge on any atom is 0.247 e. The standard InChI is InChI=1S/C33H40N8O2/c1-21-4-17-28(41(2)3)19-29(21)24-9-5-22(6-10-24)18-30(36-32(42)26-11-7-23(20-34)8-12-26)33(43)35-27-15-13-25(14-16-27)31-37-39-40-38-31/h4-6,9-10,13-17,19,23,26,30H,7-8,11-12,18,20,34H2,1-3H3,(H,35,43)(H,36,42)(H,37,38,39,40). The maximum atomic E-state index is 13.6. The summed E-state index contributed by atoms with van der Waals surface area (Å²) in [5.74, 6) is 0.492. The predicted octanol–water partition coefficient (Wildman–Crippen LogP) is 4.34. The van der Waals surface area contributed by atoms with Gasteiger partial charge in [-0.05, 0) is 109 Å². The molecule has 0 aliphatic heterocycles. The zero-order valence-corrected chi connectivity index (χ0v) is 25.0. The monoisotopic (exact) mass is 580 g/mol. The van der Waals surface area contributed by atoms with Gasteiger partial charge in [-0.1, -0.05) is 30.3 Å². The van der Waals surface area contributed by atoms with E-state index in [4.69, 9.17) is 5.73 Å². The third-order valence-corrected chi connectivity index (χ3v) is 8.38. The highest BCUT2D eigenvalue weighted by molar-refractivity contribution is 5.97. The molecule has 1 saturated carbocycles. The van der Waals surface area contributed by atoms with Crippen LogP contribution in [0.1, 0.15) is 36.8 Å². The van der Waals surface area contributed by atoms with Crippen LogP contribution in [0.15, 0.2) is 66.7 Å². The molecule has 0 saturated heterocycles. The Kier molecular flexibility index (Phi) is 9.46. The van der Waals surface area contributed by atoms with Gasteiger partial charge in [-0.3, -0.25) is 9.59 Å². The van der Waals surface area contributed by atoms with Gasteiger partial charge in [0.1, 0.15) is 6.04 Å². The van der Waals surface area contributed by atoms with Crippen LogP contribution in [0.25, 0.3) is 22.5 Å². The number of carbonyl (C=O) groups excluding carboxylic acids is 2. The molecular formula is C33H40N8O2. The van der Waals surface area contributed by atoms with Crippen molar-refractivity contribution in [1.82, 2.24) is 25.9 Å². The first kappa shape index (κ1) is 29.9. The van der Waals surface area contributed by atoms with Crippen molar-refractivity contribution in [2.45, 2.75) is 45.1 Å². The lowest BCUT2D eigenvalue weighted by Crippen LogP contribution is -2.48. The average molecular weight is 581 g/mol. The molecule has 0 bridgehead atoms. The van der Waals surface area contributed by atoms with Crippen LogP contribution in [0, 0.1) is 18.8 Å². The zero-order valence-electron chi connectivity index (χ0n) is 25.0. The van der Waals surface area contributed by atoms with E-state index in [0.29, 0.717) is 30.4 Å². The highest BCUT2D eigenvalue weighted by atomic mass is 16.2. The van der Waals surface area contributed by atoms with Crippen LogP contribution < -0.4 is 21.3 Å². The molecule has 224 valence electrons. The van der Waals surface area contributed by atoms with Gasteiger partial charge >= 0.3 is 0 Å². The summed E-state index contributed by atoms with van der Waals surface area (Å²) in [6, 6.07) is 21.1. The van der Waals surface area contributed by atoms with E-state index in [1.165, 1.54) is 5.56 Å². The van der Waals surface area contributed by atoms with Crippen LogP contribution in [-0.4, -0.2) is 59.1 Å². The van der Waals surface area contributed by atoms with Crippen molar-refractivity contribution in [3.05, 3.63) is 77.9 Å². The van der Waals surface area contributed by atoms with Crippen molar-refractivity contribution in [2.75, 3.05) is 30.9 Å². The highest BCUT2D eigenvalue weighted by Crippen LogP contribution is 2.30. The van der Waals surface area contributed by atoms with Crippen molar-refractivity contribution in [2.24, 2.45) is 17.6 Å². The molecule has 1 fully saturated rings. The smallest absolute Gasteiger partial charge is 0.247 e. The third-order valence-electron chi connectivity index (χ3n) is 8.38. The summed E-state index contributed by atoms with van der Waals surface area (Å²) in [5.41, 5.74) is 12.8. The van der Waals surface area contributed by atoms with Gasteiger partial charge in [-0.15, -0.1) is 10.2 Å². The fraction of sp³-hybridized carbons (Fsp3) is 0.364. The molecule has 1 aromatic heterocycles. The van der Waals surface area contributed by atoms with Crippen LogP contribution in [0.2, 0.25) is 0 Å². The second-order valence-corrected chi connectivity index (χ2v) is 11.6. The quantitative estimate of drug-likeness (QED) is 0.219. The number of amides is 2. The molecule has 3 aromatic carbocycles. The van der Waals surface area contributed by atoms with E-state index in [0.717, 1.165) is 53.6 Å². The predicted molar refractivity (Wildman–Crippen MR) is 169 cm³/mol. The minimum Gasteiger partial charge on any atom is -0.378 e. The third kappa shape index (κ3) is 7.45.